The van der Waals surface area contributed by atoms with Crippen molar-refractivity contribution in [3.63, 3.8) is 0 Å². The highest BCUT2D eigenvalue weighted by Gasteiger charge is 2.31. The highest BCUT2D eigenvalue weighted by Crippen LogP contribution is 2.28. The molecular weight excluding hydrogens is 370 g/mol. The summed E-state index contributed by atoms with van der Waals surface area (Å²) >= 11 is 11.2. The van der Waals surface area contributed by atoms with Crippen LogP contribution in [0.25, 0.3) is 11.8 Å². The molecule has 1 N–H and O–H groups in total. The molecule has 3 rings (SSSR count). The van der Waals surface area contributed by atoms with Gasteiger partial charge in [-0.3, -0.25) is 19.8 Å². The molecule has 1 saturated heterocycles. The van der Waals surface area contributed by atoms with Gasteiger partial charge in [-0.15, -0.1) is 0 Å². The normalized spacial score (nSPS) is 16.4. The summed E-state index contributed by atoms with van der Waals surface area (Å²) < 4.78 is 2.06. The third kappa shape index (κ3) is 2.95. The SMILES string of the molecule is Cc1c(Cl)cccc1-n1c(C)cc(/C=C2/C(=O)NC(=S)N(C)C2=O)c1C. The molecule has 5 nitrogen and oxygen atoms in total. The van der Waals surface area contributed by atoms with E-state index in [-0.39, 0.29) is 10.7 Å². The monoisotopic (exact) mass is 387 g/mol. The van der Waals surface area contributed by atoms with Gasteiger partial charge in [-0.2, -0.15) is 0 Å². The van der Waals surface area contributed by atoms with E-state index >= 15 is 0 Å². The van der Waals surface area contributed by atoms with Gasteiger partial charge in [0.15, 0.2) is 5.11 Å². The summed E-state index contributed by atoms with van der Waals surface area (Å²) in [6.45, 7) is 5.88. The summed E-state index contributed by atoms with van der Waals surface area (Å²) in [7, 11) is 1.54. The van der Waals surface area contributed by atoms with Gasteiger partial charge in [-0.1, -0.05) is 17.7 Å². The predicted molar refractivity (Wildman–Crippen MR) is 106 cm³/mol. The van der Waals surface area contributed by atoms with Crippen molar-refractivity contribution in [2.24, 2.45) is 0 Å². The fourth-order valence-electron chi connectivity index (χ4n) is 3.04. The number of thiocarbonyl (C=S) groups is 1. The van der Waals surface area contributed by atoms with Gasteiger partial charge in [0, 0.05) is 29.1 Å². The molecular formula is C19H18ClN3O2S. The number of likely N-dealkylation sites (N-methyl/N-ethyl adjacent to an activating group) is 1. The van der Waals surface area contributed by atoms with Gasteiger partial charge in [0.05, 0.1) is 0 Å². The van der Waals surface area contributed by atoms with E-state index in [0.717, 1.165) is 28.2 Å². The first-order chi connectivity index (χ1) is 12.2. The number of nitrogens with zero attached hydrogens (tertiary/aromatic N) is 2. The van der Waals surface area contributed by atoms with Crippen LogP contribution in [0.4, 0.5) is 0 Å². The summed E-state index contributed by atoms with van der Waals surface area (Å²) in [5, 5.41) is 3.32. The number of benzene rings is 1. The van der Waals surface area contributed by atoms with Crippen molar-refractivity contribution in [1.29, 1.82) is 0 Å². The van der Waals surface area contributed by atoms with E-state index in [1.807, 2.05) is 45.0 Å². The highest BCUT2D eigenvalue weighted by molar-refractivity contribution is 7.80. The number of nitrogens with one attached hydrogen (secondary N) is 1. The van der Waals surface area contributed by atoms with Crippen LogP contribution in [0.5, 0.6) is 0 Å². The molecule has 2 aromatic rings. The molecule has 1 aromatic carbocycles. The molecule has 1 fully saturated rings. The van der Waals surface area contributed by atoms with E-state index in [9.17, 15) is 9.59 Å². The average Bonchev–Trinajstić information content (AvgIpc) is 2.86. The van der Waals surface area contributed by atoms with Crippen molar-refractivity contribution < 1.29 is 9.59 Å². The Balaban J connectivity index is 2.12. The van der Waals surface area contributed by atoms with Crippen LogP contribution < -0.4 is 5.32 Å². The van der Waals surface area contributed by atoms with Crippen LogP contribution in [0.1, 0.15) is 22.5 Å². The van der Waals surface area contributed by atoms with Gasteiger partial charge in [-0.25, -0.2) is 0 Å². The van der Waals surface area contributed by atoms with Crippen LogP contribution in [0.3, 0.4) is 0 Å². The van der Waals surface area contributed by atoms with Crippen LogP contribution in [-0.2, 0) is 9.59 Å². The summed E-state index contributed by atoms with van der Waals surface area (Å²) in [6, 6.07) is 7.68. The largest absolute Gasteiger partial charge is 0.318 e. The first kappa shape index (κ1) is 18.4. The maximum Gasteiger partial charge on any atom is 0.265 e. The first-order valence-electron chi connectivity index (χ1n) is 8.02. The zero-order valence-electron chi connectivity index (χ0n) is 14.9. The highest BCUT2D eigenvalue weighted by atomic mass is 35.5. The van der Waals surface area contributed by atoms with Crippen LogP contribution in [-0.4, -0.2) is 33.4 Å². The summed E-state index contributed by atoms with van der Waals surface area (Å²) in [5.41, 5.74) is 4.68. The number of hydrogen-bond donors (Lipinski definition) is 1. The van der Waals surface area contributed by atoms with E-state index in [1.54, 1.807) is 6.08 Å². The van der Waals surface area contributed by atoms with Gasteiger partial charge >= 0.3 is 0 Å². The third-order valence-corrected chi connectivity index (χ3v) is 5.34. The minimum atomic E-state index is -0.484. The van der Waals surface area contributed by atoms with Crippen LogP contribution in [0, 0.1) is 20.8 Å². The second-order valence-electron chi connectivity index (χ2n) is 6.23. The molecule has 0 aliphatic carbocycles. The second kappa shape index (κ2) is 6.70. The third-order valence-electron chi connectivity index (χ3n) is 4.55. The molecule has 0 spiro atoms. The molecule has 26 heavy (non-hydrogen) atoms. The number of hydrogen-bond acceptors (Lipinski definition) is 3. The Morgan fingerprint density at radius 1 is 1.19 bits per heavy atom. The van der Waals surface area contributed by atoms with Gasteiger partial charge in [0.1, 0.15) is 5.57 Å². The zero-order valence-corrected chi connectivity index (χ0v) is 16.5. The van der Waals surface area contributed by atoms with Crippen LogP contribution >= 0.6 is 23.8 Å². The molecule has 1 aliphatic heterocycles. The number of rotatable bonds is 2. The minimum absolute atomic E-state index is 0.0594. The first-order valence-corrected chi connectivity index (χ1v) is 8.80. The molecule has 0 unspecified atom stereocenters. The maximum atomic E-state index is 12.4. The lowest BCUT2D eigenvalue weighted by Crippen LogP contribution is -2.52. The second-order valence-corrected chi connectivity index (χ2v) is 7.02. The fourth-order valence-corrected chi connectivity index (χ4v) is 3.39. The minimum Gasteiger partial charge on any atom is -0.318 e. The van der Waals surface area contributed by atoms with Crippen LogP contribution in [0.15, 0.2) is 29.8 Å². The number of amides is 2. The smallest absolute Gasteiger partial charge is 0.265 e. The van der Waals surface area contributed by atoms with E-state index in [2.05, 4.69) is 9.88 Å². The number of aromatic nitrogens is 1. The van der Waals surface area contributed by atoms with Gasteiger partial charge in [-0.05, 0) is 68.4 Å². The molecule has 0 saturated carbocycles. The molecule has 2 heterocycles. The Hall–Kier alpha value is -2.44. The van der Waals surface area contributed by atoms with Crippen molar-refractivity contribution >= 4 is 46.8 Å². The lowest BCUT2D eigenvalue weighted by atomic mass is 10.1. The Morgan fingerprint density at radius 3 is 2.58 bits per heavy atom. The number of carbonyl (C=O) groups is 2. The van der Waals surface area contributed by atoms with Gasteiger partial charge in [0.2, 0.25) is 0 Å². The molecule has 1 aliphatic rings. The summed E-state index contributed by atoms with van der Waals surface area (Å²) in [6.07, 6.45) is 1.61. The van der Waals surface area contributed by atoms with E-state index in [4.69, 9.17) is 23.8 Å². The summed E-state index contributed by atoms with van der Waals surface area (Å²) in [5.74, 6) is -0.899. The van der Waals surface area contributed by atoms with Gasteiger partial charge < -0.3 is 4.57 Å². The molecule has 0 bridgehead atoms. The van der Waals surface area contributed by atoms with Crippen molar-refractivity contribution in [2.45, 2.75) is 20.8 Å². The number of halogens is 1. The standard InChI is InChI=1S/C19H18ClN3O2S/c1-10-8-13(9-14-17(24)21-19(26)22(4)18(14)25)12(3)23(10)16-7-5-6-15(20)11(16)2/h5-9H,1-4H3,(H,21,24,26)/b14-9-. The van der Waals surface area contributed by atoms with Crippen molar-refractivity contribution in [1.82, 2.24) is 14.8 Å². The van der Waals surface area contributed by atoms with Crippen LogP contribution in [0.2, 0.25) is 5.02 Å². The molecule has 0 atom stereocenters. The topological polar surface area (TPSA) is 54.3 Å². The van der Waals surface area contributed by atoms with Crippen molar-refractivity contribution in [3.05, 3.63) is 57.4 Å². The quantitative estimate of drug-likeness (QED) is 0.488. The fraction of sp³-hybridized carbons (Fsp3) is 0.211. The van der Waals surface area contributed by atoms with E-state index in [0.29, 0.717) is 5.02 Å². The van der Waals surface area contributed by atoms with Crippen molar-refractivity contribution in [2.75, 3.05) is 7.05 Å². The Labute approximate surface area is 162 Å². The molecule has 2 amide bonds. The average molecular weight is 388 g/mol. The Kier molecular flexibility index (Phi) is 4.73. The van der Waals surface area contributed by atoms with E-state index in [1.165, 1.54) is 11.9 Å². The molecule has 0 radical (unpaired) electrons. The van der Waals surface area contributed by atoms with E-state index < -0.39 is 11.8 Å². The molecule has 134 valence electrons. The number of carbonyl (C=O) groups excluding carboxylic acids is 2. The Bertz CT molecular complexity index is 991. The lowest BCUT2D eigenvalue weighted by Gasteiger charge is -2.25. The molecule has 1 aromatic heterocycles. The van der Waals surface area contributed by atoms with Gasteiger partial charge in [0.25, 0.3) is 11.8 Å². The lowest BCUT2D eigenvalue weighted by molar-refractivity contribution is -0.128. The number of aryl methyl sites for hydroxylation is 1. The Morgan fingerprint density at radius 2 is 1.88 bits per heavy atom. The van der Waals surface area contributed by atoms with Crippen molar-refractivity contribution in [3.8, 4) is 5.69 Å². The zero-order chi connectivity index (χ0) is 19.2. The predicted octanol–water partition coefficient (Wildman–Crippen LogP) is 3.31. The maximum absolute atomic E-state index is 12.4. The molecule has 7 heteroatoms. The summed E-state index contributed by atoms with van der Waals surface area (Å²) in [4.78, 5) is 25.9.